The number of carbonyl (C=O) groups is 1. The van der Waals surface area contributed by atoms with E-state index in [0.717, 1.165) is 24.2 Å². The zero-order valence-corrected chi connectivity index (χ0v) is 12.4. The van der Waals surface area contributed by atoms with E-state index in [1.807, 2.05) is 45.0 Å². The molecule has 1 atom stereocenters. The Morgan fingerprint density at radius 1 is 1.21 bits per heavy atom. The second kappa shape index (κ2) is 7.82. The van der Waals surface area contributed by atoms with E-state index in [1.54, 1.807) is 0 Å². The maximum atomic E-state index is 11.8. The molecule has 19 heavy (non-hydrogen) atoms. The minimum atomic E-state index is 0.0912. The van der Waals surface area contributed by atoms with Gasteiger partial charge in [-0.15, -0.1) is 0 Å². The number of ether oxygens (including phenoxy) is 1. The summed E-state index contributed by atoms with van der Waals surface area (Å²) in [6, 6.07) is 7.86. The molecule has 1 aromatic carbocycles. The van der Waals surface area contributed by atoms with Crippen molar-refractivity contribution in [3.05, 3.63) is 29.8 Å². The summed E-state index contributed by atoms with van der Waals surface area (Å²) in [6.07, 6.45) is 2.16. The fourth-order valence-corrected chi connectivity index (χ4v) is 1.89. The second-order valence-corrected chi connectivity index (χ2v) is 5.22. The molecule has 1 aromatic rings. The summed E-state index contributed by atoms with van der Waals surface area (Å²) < 4.78 is 5.58. The van der Waals surface area contributed by atoms with Gasteiger partial charge in [0, 0.05) is 12.5 Å². The number of rotatable bonds is 7. The van der Waals surface area contributed by atoms with Crippen LogP contribution in [0.3, 0.4) is 0 Å². The van der Waals surface area contributed by atoms with Crippen molar-refractivity contribution in [1.29, 1.82) is 0 Å². The highest BCUT2D eigenvalue weighted by molar-refractivity contribution is 5.78. The smallest absolute Gasteiger partial charge is 0.223 e. The molecule has 0 aliphatic rings. The normalized spacial score (nSPS) is 12.3. The SMILES string of the molecule is CCCC(C)C(=O)NCc1ccc(OC(C)C)cc1. The van der Waals surface area contributed by atoms with Crippen molar-refractivity contribution < 1.29 is 9.53 Å². The van der Waals surface area contributed by atoms with Crippen LogP contribution in [-0.2, 0) is 11.3 Å². The van der Waals surface area contributed by atoms with E-state index in [0.29, 0.717) is 6.54 Å². The average Bonchev–Trinajstić information content (AvgIpc) is 2.37. The molecule has 0 aromatic heterocycles. The van der Waals surface area contributed by atoms with Crippen molar-refractivity contribution in [3.8, 4) is 5.75 Å². The highest BCUT2D eigenvalue weighted by Crippen LogP contribution is 2.14. The van der Waals surface area contributed by atoms with Gasteiger partial charge < -0.3 is 10.1 Å². The second-order valence-electron chi connectivity index (χ2n) is 5.22. The number of hydrogen-bond donors (Lipinski definition) is 1. The largest absolute Gasteiger partial charge is 0.491 e. The number of amides is 1. The third-order valence-electron chi connectivity index (χ3n) is 2.93. The number of benzene rings is 1. The van der Waals surface area contributed by atoms with Gasteiger partial charge in [-0.05, 0) is 38.0 Å². The molecule has 3 nitrogen and oxygen atoms in total. The van der Waals surface area contributed by atoms with Gasteiger partial charge in [0.05, 0.1) is 6.10 Å². The third kappa shape index (κ3) is 5.77. The molecule has 1 rings (SSSR count). The van der Waals surface area contributed by atoms with Crippen molar-refractivity contribution >= 4 is 5.91 Å². The molecular formula is C16H25NO2. The topological polar surface area (TPSA) is 38.3 Å². The Morgan fingerprint density at radius 3 is 2.37 bits per heavy atom. The van der Waals surface area contributed by atoms with Gasteiger partial charge in [0.15, 0.2) is 0 Å². The lowest BCUT2D eigenvalue weighted by atomic mass is 10.1. The van der Waals surface area contributed by atoms with Gasteiger partial charge in [-0.25, -0.2) is 0 Å². The lowest BCUT2D eigenvalue weighted by Crippen LogP contribution is -2.28. The minimum absolute atomic E-state index is 0.0912. The summed E-state index contributed by atoms with van der Waals surface area (Å²) in [5.41, 5.74) is 1.09. The van der Waals surface area contributed by atoms with E-state index >= 15 is 0 Å². The van der Waals surface area contributed by atoms with Crippen molar-refractivity contribution in [2.45, 2.75) is 53.2 Å². The van der Waals surface area contributed by atoms with Gasteiger partial charge in [0.2, 0.25) is 5.91 Å². The van der Waals surface area contributed by atoms with Gasteiger partial charge in [0.1, 0.15) is 5.75 Å². The lowest BCUT2D eigenvalue weighted by molar-refractivity contribution is -0.124. The molecule has 1 N–H and O–H groups in total. The molecule has 1 amide bonds. The van der Waals surface area contributed by atoms with Gasteiger partial charge >= 0.3 is 0 Å². The van der Waals surface area contributed by atoms with Crippen molar-refractivity contribution in [2.75, 3.05) is 0 Å². The third-order valence-corrected chi connectivity index (χ3v) is 2.93. The Bertz CT molecular complexity index is 384. The van der Waals surface area contributed by atoms with Crippen LogP contribution in [0.25, 0.3) is 0 Å². The first kappa shape index (κ1) is 15.5. The Morgan fingerprint density at radius 2 is 1.84 bits per heavy atom. The van der Waals surface area contributed by atoms with E-state index in [1.165, 1.54) is 0 Å². The Kier molecular flexibility index (Phi) is 6.40. The zero-order valence-electron chi connectivity index (χ0n) is 12.4. The van der Waals surface area contributed by atoms with E-state index in [2.05, 4.69) is 12.2 Å². The van der Waals surface area contributed by atoms with Crippen LogP contribution in [0.5, 0.6) is 5.75 Å². The monoisotopic (exact) mass is 263 g/mol. The van der Waals surface area contributed by atoms with Crippen LogP contribution in [0, 0.1) is 5.92 Å². The molecule has 106 valence electrons. The van der Waals surface area contributed by atoms with Crippen LogP contribution in [-0.4, -0.2) is 12.0 Å². The summed E-state index contributed by atoms with van der Waals surface area (Å²) in [7, 11) is 0. The van der Waals surface area contributed by atoms with E-state index in [4.69, 9.17) is 4.74 Å². The molecule has 1 unspecified atom stereocenters. The fourth-order valence-electron chi connectivity index (χ4n) is 1.89. The standard InChI is InChI=1S/C16H25NO2/c1-5-6-13(4)16(18)17-11-14-7-9-15(10-8-14)19-12(2)3/h7-10,12-13H,5-6,11H2,1-4H3,(H,17,18). The van der Waals surface area contributed by atoms with E-state index < -0.39 is 0 Å². The molecule has 3 heteroatoms. The Labute approximate surface area is 116 Å². The number of nitrogens with one attached hydrogen (secondary N) is 1. The predicted octanol–water partition coefficient (Wildman–Crippen LogP) is 3.53. The van der Waals surface area contributed by atoms with Crippen molar-refractivity contribution in [1.82, 2.24) is 5.32 Å². The molecule has 0 radical (unpaired) electrons. The molecule has 0 aliphatic carbocycles. The molecule has 0 spiro atoms. The molecule has 0 heterocycles. The van der Waals surface area contributed by atoms with Crippen LogP contribution >= 0.6 is 0 Å². The lowest BCUT2D eigenvalue weighted by Gasteiger charge is -2.12. The Balaban J connectivity index is 2.43. The van der Waals surface area contributed by atoms with Crippen LogP contribution < -0.4 is 10.1 Å². The predicted molar refractivity (Wildman–Crippen MR) is 78.1 cm³/mol. The quantitative estimate of drug-likeness (QED) is 0.817. The zero-order chi connectivity index (χ0) is 14.3. The molecule has 0 bridgehead atoms. The van der Waals surface area contributed by atoms with Crippen molar-refractivity contribution in [2.24, 2.45) is 5.92 Å². The highest BCUT2D eigenvalue weighted by Gasteiger charge is 2.10. The van der Waals surface area contributed by atoms with Gasteiger partial charge in [0.25, 0.3) is 0 Å². The van der Waals surface area contributed by atoms with Crippen LogP contribution in [0.4, 0.5) is 0 Å². The molecule has 0 saturated carbocycles. The van der Waals surface area contributed by atoms with Gasteiger partial charge in [-0.3, -0.25) is 4.79 Å². The first-order valence-corrected chi connectivity index (χ1v) is 7.06. The first-order chi connectivity index (χ1) is 9.02. The van der Waals surface area contributed by atoms with E-state index in [9.17, 15) is 4.79 Å². The maximum Gasteiger partial charge on any atom is 0.223 e. The molecular weight excluding hydrogens is 238 g/mol. The number of carbonyl (C=O) groups excluding carboxylic acids is 1. The van der Waals surface area contributed by atoms with Gasteiger partial charge in [-0.1, -0.05) is 32.4 Å². The van der Waals surface area contributed by atoms with Crippen LogP contribution in [0.1, 0.15) is 46.1 Å². The highest BCUT2D eigenvalue weighted by atomic mass is 16.5. The minimum Gasteiger partial charge on any atom is -0.491 e. The Hall–Kier alpha value is -1.51. The summed E-state index contributed by atoms with van der Waals surface area (Å²) >= 11 is 0. The summed E-state index contributed by atoms with van der Waals surface area (Å²) in [5, 5.41) is 2.96. The van der Waals surface area contributed by atoms with E-state index in [-0.39, 0.29) is 17.9 Å². The summed E-state index contributed by atoms with van der Waals surface area (Å²) in [5.74, 6) is 1.09. The summed E-state index contributed by atoms with van der Waals surface area (Å²) in [4.78, 5) is 11.8. The molecule has 0 aliphatic heterocycles. The first-order valence-electron chi connectivity index (χ1n) is 7.06. The van der Waals surface area contributed by atoms with Gasteiger partial charge in [-0.2, -0.15) is 0 Å². The average molecular weight is 263 g/mol. The van der Waals surface area contributed by atoms with Crippen molar-refractivity contribution in [3.63, 3.8) is 0 Å². The number of hydrogen-bond acceptors (Lipinski definition) is 2. The molecule has 0 saturated heterocycles. The summed E-state index contributed by atoms with van der Waals surface area (Å²) in [6.45, 7) is 8.65. The maximum absolute atomic E-state index is 11.8. The fraction of sp³-hybridized carbons (Fsp3) is 0.562. The van der Waals surface area contributed by atoms with Crippen LogP contribution in [0.15, 0.2) is 24.3 Å². The molecule has 0 fully saturated rings. The van der Waals surface area contributed by atoms with Crippen LogP contribution in [0.2, 0.25) is 0 Å².